The number of para-hydroxylation sites is 1. The second-order valence-corrected chi connectivity index (χ2v) is 5.52. The summed E-state index contributed by atoms with van der Waals surface area (Å²) in [5, 5.41) is 5.64. The van der Waals surface area contributed by atoms with Crippen LogP contribution in [0.15, 0.2) is 24.3 Å². The van der Waals surface area contributed by atoms with Crippen molar-refractivity contribution < 1.29 is 9.59 Å². The van der Waals surface area contributed by atoms with Crippen molar-refractivity contribution in [2.24, 2.45) is 11.7 Å². The van der Waals surface area contributed by atoms with E-state index in [0.717, 1.165) is 25.7 Å². The summed E-state index contributed by atoms with van der Waals surface area (Å²) in [6.07, 6.45) is 3.55. The quantitative estimate of drug-likeness (QED) is 0.791. The average molecular weight is 289 g/mol. The fourth-order valence-corrected chi connectivity index (χ4v) is 2.75. The Labute approximate surface area is 125 Å². The molecule has 1 fully saturated rings. The number of rotatable bonds is 4. The van der Waals surface area contributed by atoms with Crippen LogP contribution in [0.2, 0.25) is 0 Å². The summed E-state index contributed by atoms with van der Waals surface area (Å²) in [6.45, 7) is 2.42. The number of hydrogen-bond donors (Lipinski definition) is 3. The molecule has 0 aromatic heterocycles. The smallest absolute Gasteiger partial charge is 0.253 e. The normalized spacial score (nSPS) is 21.6. The number of carbonyl (C=O) groups excluding carboxylic acids is 2. The molecule has 4 N–H and O–H groups in total. The zero-order valence-electron chi connectivity index (χ0n) is 12.4. The molecule has 1 aromatic rings. The Bertz CT molecular complexity index is 516. The van der Waals surface area contributed by atoms with E-state index in [4.69, 9.17) is 5.73 Å². The molecule has 0 heterocycles. The number of nitrogens with two attached hydrogens (primary N) is 1. The molecule has 2 amide bonds. The molecule has 21 heavy (non-hydrogen) atoms. The number of hydrogen-bond acceptors (Lipinski definition) is 3. The summed E-state index contributed by atoms with van der Waals surface area (Å²) >= 11 is 0. The van der Waals surface area contributed by atoms with Gasteiger partial charge in [-0.2, -0.15) is 0 Å². The third kappa shape index (κ3) is 4.04. The lowest BCUT2D eigenvalue weighted by atomic mass is 9.85. The lowest BCUT2D eigenvalue weighted by Crippen LogP contribution is -2.34. The van der Waals surface area contributed by atoms with Crippen LogP contribution in [0.25, 0.3) is 0 Å². The van der Waals surface area contributed by atoms with E-state index in [1.807, 2.05) is 13.0 Å². The summed E-state index contributed by atoms with van der Waals surface area (Å²) in [5.74, 6) is -0.272. The van der Waals surface area contributed by atoms with Gasteiger partial charge in [0.1, 0.15) is 0 Å². The van der Waals surface area contributed by atoms with Gasteiger partial charge < -0.3 is 16.4 Å². The van der Waals surface area contributed by atoms with Crippen LogP contribution in [-0.2, 0) is 4.79 Å². The molecule has 1 saturated carbocycles. The first-order valence-corrected chi connectivity index (χ1v) is 7.55. The lowest BCUT2D eigenvalue weighted by Gasteiger charge is -2.26. The third-order valence-electron chi connectivity index (χ3n) is 3.85. The second kappa shape index (κ2) is 7.22. The van der Waals surface area contributed by atoms with Gasteiger partial charge in [-0.1, -0.05) is 18.6 Å². The van der Waals surface area contributed by atoms with E-state index in [9.17, 15) is 9.59 Å². The van der Waals surface area contributed by atoms with Gasteiger partial charge >= 0.3 is 0 Å². The monoisotopic (exact) mass is 289 g/mol. The second-order valence-electron chi connectivity index (χ2n) is 5.52. The fraction of sp³-hybridized carbons (Fsp3) is 0.500. The highest BCUT2D eigenvalue weighted by atomic mass is 16.2. The molecule has 5 nitrogen and oxygen atoms in total. The fourth-order valence-electron chi connectivity index (χ4n) is 2.75. The molecule has 1 aliphatic carbocycles. The summed E-state index contributed by atoms with van der Waals surface area (Å²) in [6, 6.07) is 7.17. The van der Waals surface area contributed by atoms with Crippen molar-refractivity contribution >= 4 is 17.5 Å². The molecule has 0 spiro atoms. The Morgan fingerprint density at radius 3 is 2.76 bits per heavy atom. The predicted molar refractivity (Wildman–Crippen MR) is 83.0 cm³/mol. The number of nitrogens with one attached hydrogen (secondary N) is 2. The van der Waals surface area contributed by atoms with Crippen LogP contribution >= 0.6 is 0 Å². The molecule has 0 radical (unpaired) electrons. The molecule has 1 aliphatic rings. The van der Waals surface area contributed by atoms with Crippen LogP contribution in [0.5, 0.6) is 0 Å². The van der Waals surface area contributed by atoms with Gasteiger partial charge in [0.25, 0.3) is 5.91 Å². The molecule has 2 unspecified atom stereocenters. The van der Waals surface area contributed by atoms with Crippen molar-refractivity contribution in [3.8, 4) is 0 Å². The summed E-state index contributed by atoms with van der Waals surface area (Å²) < 4.78 is 0. The van der Waals surface area contributed by atoms with E-state index in [2.05, 4.69) is 10.6 Å². The van der Waals surface area contributed by atoms with E-state index >= 15 is 0 Å². The van der Waals surface area contributed by atoms with Gasteiger partial charge in [0.15, 0.2) is 0 Å². The Hall–Kier alpha value is -1.88. The Balaban J connectivity index is 2.08. The van der Waals surface area contributed by atoms with Gasteiger partial charge in [0, 0.05) is 18.5 Å². The average Bonchev–Trinajstić information content (AvgIpc) is 2.48. The Morgan fingerprint density at radius 2 is 2.05 bits per heavy atom. The molecule has 0 saturated heterocycles. The molecule has 2 atom stereocenters. The first kappa shape index (κ1) is 15.5. The van der Waals surface area contributed by atoms with E-state index in [-0.39, 0.29) is 23.8 Å². The van der Waals surface area contributed by atoms with Gasteiger partial charge in [0.05, 0.1) is 11.3 Å². The standard InChI is InChI=1S/C16H23N3O2/c1-2-18-16(21)13-8-3-4-9-14(13)19-15(20)11-6-5-7-12(17)10-11/h3-4,8-9,11-12H,2,5-7,10,17H2,1H3,(H,18,21)(H,19,20). The minimum atomic E-state index is -0.172. The van der Waals surface area contributed by atoms with Gasteiger partial charge in [-0.15, -0.1) is 0 Å². The highest BCUT2D eigenvalue weighted by molar-refractivity contribution is 6.04. The maximum Gasteiger partial charge on any atom is 0.253 e. The Kier molecular flexibility index (Phi) is 5.33. The Morgan fingerprint density at radius 1 is 1.29 bits per heavy atom. The van der Waals surface area contributed by atoms with Crippen molar-refractivity contribution in [3.05, 3.63) is 29.8 Å². The van der Waals surface area contributed by atoms with Gasteiger partial charge in [0.2, 0.25) is 5.91 Å². The third-order valence-corrected chi connectivity index (χ3v) is 3.85. The first-order valence-electron chi connectivity index (χ1n) is 7.55. The highest BCUT2D eigenvalue weighted by Crippen LogP contribution is 2.25. The van der Waals surface area contributed by atoms with Crippen molar-refractivity contribution in [1.29, 1.82) is 0 Å². The van der Waals surface area contributed by atoms with Crippen molar-refractivity contribution in [3.63, 3.8) is 0 Å². The minimum Gasteiger partial charge on any atom is -0.352 e. The van der Waals surface area contributed by atoms with Crippen molar-refractivity contribution in [2.45, 2.75) is 38.6 Å². The molecule has 0 bridgehead atoms. The summed E-state index contributed by atoms with van der Waals surface area (Å²) in [4.78, 5) is 24.3. The van der Waals surface area contributed by atoms with E-state index in [1.54, 1.807) is 18.2 Å². The van der Waals surface area contributed by atoms with Gasteiger partial charge in [-0.3, -0.25) is 9.59 Å². The van der Waals surface area contributed by atoms with Crippen molar-refractivity contribution in [2.75, 3.05) is 11.9 Å². The zero-order chi connectivity index (χ0) is 15.2. The van der Waals surface area contributed by atoms with Crippen LogP contribution in [-0.4, -0.2) is 24.4 Å². The molecule has 2 rings (SSSR count). The van der Waals surface area contributed by atoms with Crippen LogP contribution in [0.3, 0.4) is 0 Å². The van der Waals surface area contributed by atoms with Gasteiger partial charge in [-0.05, 0) is 38.3 Å². The minimum absolute atomic E-state index is 0.0399. The maximum absolute atomic E-state index is 12.3. The number of carbonyl (C=O) groups is 2. The largest absolute Gasteiger partial charge is 0.352 e. The van der Waals surface area contributed by atoms with Gasteiger partial charge in [-0.25, -0.2) is 0 Å². The topological polar surface area (TPSA) is 84.2 Å². The summed E-state index contributed by atoms with van der Waals surface area (Å²) in [5.41, 5.74) is 6.99. The predicted octanol–water partition coefficient (Wildman–Crippen LogP) is 1.89. The molecule has 5 heteroatoms. The molecule has 114 valence electrons. The highest BCUT2D eigenvalue weighted by Gasteiger charge is 2.26. The number of amides is 2. The van der Waals surface area contributed by atoms with Crippen LogP contribution in [0.4, 0.5) is 5.69 Å². The van der Waals surface area contributed by atoms with Crippen LogP contribution < -0.4 is 16.4 Å². The number of anilines is 1. The maximum atomic E-state index is 12.3. The van der Waals surface area contributed by atoms with Crippen LogP contribution in [0, 0.1) is 5.92 Å². The SMILES string of the molecule is CCNC(=O)c1ccccc1NC(=O)C1CCCC(N)C1. The number of benzene rings is 1. The van der Waals surface area contributed by atoms with Crippen molar-refractivity contribution in [1.82, 2.24) is 5.32 Å². The summed E-state index contributed by atoms with van der Waals surface area (Å²) in [7, 11) is 0. The van der Waals surface area contributed by atoms with E-state index < -0.39 is 0 Å². The van der Waals surface area contributed by atoms with Crippen LogP contribution in [0.1, 0.15) is 43.0 Å². The van der Waals surface area contributed by atoms with E-state index in [0.29, 0.717) is 17.8 Å². The van der Waals surface area contributed by atoms with E-state index in [1.165, 1.54) is 0 Å². The molecule has 1 aromatic carbocycles. The lowest BCUT2D eigenvalue weighted by molar-refractivity contribution is -0.120. The first-order chi connectivity index (χ1) is 10.1. The zero-order valence-corrected chi connectivity index (χ0v) is 12.4. The molecular weight excluding hydrogens is 266 g/mol. The molecular formula is C16H23N3O2. The molecule has 0 aliphatic heterocycles.